The molecule has 0 unspecified atom stereocenters. The zero-order chi connectivity index (χ0) is 20.5. The van der Waals surface area contributed by atoms with Gasteiger partial charge in [0.05, 0.1) is 12.2 Å². The Morgan fingerprint density at radius 2 is 1.82 bits per heavy atom. The van der Waals surface area contributed by atoms with E-state index in [1.807, 2.05) is 19.9 Å². The third kappa shape index (κ3) is 5.81. The number of nitrogens with one attached hydrogen (secondary N) is 1. The van der Waals surface area contributed by atoms with Gasteiger partial charge in [-0.2, -0.15) is 0 Å². The van der Waals surface area contributed by atoms with Crippen molar-refractivity contribution in [3.8, 4) is 5.75 Å². The fourth-order valence-electron chi connectivity index (χ4n) is 2.66. The molecular weight excluding hydrogens is 424 g/mol. The Hall–Kier alpha value is -2.38. The lowest BCUT2D eigenvalue weighted by Crippen LogP contribution is -2.30. The van der Waals surface area contributed by atoms with Crippen molar-refractivity contribution >= 4 is 33.4 Å². The number of methoxy groups -OCH3 is 1. The molecule has 0 aliphatic heterocycles. The van der Waals surface area contributed by atoms with Gasteiger partial charge in [-0.25, -0.2) is 0 Å². The molecule has 0 aromatic heterocycles. The van der Waals surface area contributed by atoms with Gasteiger partial charge >= 0.3 is 0 Å². The summed E-state index contributed by atoms with van der Waals surface area (Å²) in [6.45, 7) is 5.90. The number of nitrogens with zero attached hydrogens (tertiary/aromatic N) is 1. The minimum Gasteiger partial charge on any atom is -0.490 e. The van der Waals surface area contributed by atoms with Crippen molar-refractivity contribution in [3.05, 3.63) is 58.1 Å². The summed E-state index contributed by atoms with van der Waals surface area (Å²) in [6.07, 6.45) is 0. The lowest BCUT2D eigenvalue weighted by molar-refractivity contribution is 0.0772. The van der Waals surface area contributed by atoms with Crippen molar-refractivity contribution in [2.45, 2.75) is 13.8 Å². The van der Waals surface area contributed by atoms with Crippen LogP contribution in [0.3, 0.4) is 0 Å². The van der Waals surface area contributed by atoms with Gasteiger partial charge in [0.2, 0.25) is 0 Å². The molecule has 2 aromatic carbocycles. The highest BCUT2D eigenvalue weighted by atomic mass is 79.9. The Kier molecular flexibility index (Phi) is 8.47. The Bertz CT molecular complexity index is 822. The average Bonchev–Trinajstić information content (AvgIpc) is 2.70. The molecule has 0 radical (unpaired) electrons. The number of ether oxygens (including phenoxy) is 2. The van der Waals surface area contributed by atoms with Crippen molar-refractivity contribution in [1.29, 1.82) is 0 Å². The standard InChI is InChI=1S/C21H25BrN2O4/c1-4-24(5-2)21(26)15-7-6-8-17(13-15)23-20(25)18-14-16(22)9-10-19(18)28-12-11-27-3/h6-10,13-14H,4-5,11-12H2,1-3H3,(H,23,25). The molecule has 28 heavy (non-hydrogen) atoms. The molecule has 0 bridgehead atoms. The summed E-state index contributed by atoms with van der Waals surface area (Å²) in [6, 6.07) is 12.2. The lowest BCUT2D eigenvalue weighted by Gasteiger charge is -2.19. The van der Waals surface area contributed by atoms with Gasteiger partial charge in [-0.15, -0.1) is 0 Å². The second-order valence-corrected chi connectivity index (χ2v) is 6.91. The Labute approximate surface area is 174 Å². The first-order valence-electron chi connectivity index (χ1n) is 9.12. The van der Waals surface area contributed by atoms with E-state index in [2.05, 4.69) is 21.2 Å². The van der Waals surface area contributed by atoms with Crippen molar-refractivity contribution in [1.82, 2.24) is 4.90 Å². The number of hydrogen-bond donors (Lipinski definition) is 1. The number of carbonyl (C=O) groups is 2. The van der Waals surface area contributed by atoms with Gasteiger partial charge in [0, 0.05) is 35.9 Å². The van der Waals surface area contributed by atoms with E-state index in [0.29, 0.717) is 48.9 Å². The van der Waals surface area contributed by atoms with Crippen LogP contribution in [0.15, 0.2) is 46.9 Å². The second kappa shape index (κ2) is 10.8. The minimum atomic E-state index is -0.318. The fraction of sp³-hybridized carbons (Fsp3) is 0.333. The van der Waals surface area contributed by atoms with E-state index in [1.54, 1.807) is 48.4 Å². The third-order valence-electron chi connectivity index (χ3n) is 4.15. The molecule has 0 aliphatic carbocycles. The van der Waals surface area contributed by atoms with Crippen LogP contribution in [0.1, 0.15) is 34.6 Å². The summed E-state index contributed by atoms with van der Waals surface area (Å²) in [4.78, 5) is 27.1. The highest BCUT2D eigenvalue weighted by molar-refractivity contribution is 9.10. The molecule has 6 nitrogen and oxygen atoms in total. The molecule has 0 saturated heterocycles. The summed E-state index contributed by atoms with van der Waals surface area (Å²) >= 11 is 3.38. The Morgan fingerprint density at radius 1 is 1.07 bits per heavy atom. The number of halogens is 1. The molecule has 150 valence electrons. The van der Waals surface area contributed by atoms with Crippen molar-refractivity contribution < 1.29 is 19.1 Å². The molecular formula is C21H25BrN2O4. The maximum absolute atomic E-state index is 12.8. The number of anilines is 1. The quantitative estimate of drug-likeness (QED) is 0.583. The van der Waals surface area contributed by atoms with Crippen LogP contribution in [0, 0.1) is 0 Å². The van der Waals surface area contributed by atoms with Crippen molar-refractivity contribution in [2.75, 3.05) is 38.7 Å². The number of carbonyl (C=O) groups excluding carboxylic acids is 2. The molecule has 0 fully saturated rings. The molecule has 0 aliphatic rings. The number of benzene rings is 2. The summed E-state index contributed by atoms with van der Waals surface area (Å²) in [7, 11) is 1.59. The first-order chi connectivity index (χ1) is 13.5. The number of amides is 2. The maximum atomic E-state index is 12.8. The van der Waals surface area contributed by atoms with Gasteiger partial charge < -0.3 is 19.7 Å². The van der Waals surface area contributed by atoms with Gasteiger partial charge in [-0.3, -0.25) is 9.59 Å². The molecule has 2 amide bonds. The van der Waals surface area contributed by atoms with Crippen molar-refractivity contribution in [2.24, 2.45) is 0 Å². The largest absolute Gasteiger partial charge is 0.490 e. The van der Waals surface area contributed by atoms with E-state index in [9.17, 15) is 9.59 Å². The molecule has 2 aromatic rings. The van der Waals surface area contributed by atoms with Crippen LogP contribution in [-0.4, -0.2) is 50.1 Å². The molecule has 0 saturated carbocycles. The number of hydrogen-bond acceptors (Lipinski definition) is 4. The molecule has 7 heteroatoms. The fourth-order valence-corrected chi connectivity index (χ4v) is 3.02. The van der Waals surface area contributed by atoms with E-state index >= 15 is 0 Å². The van der Waals surface area contributed by atoms with E-state index in [0.717, 1.165) is 4.47 Å². The summed E-state index contributed by atoms with van der Waals surface area (Å²) in [5.41, 5.74) is 1.48. The van der Waals surface area contributed by atoms with Crippen molar-refractivity contribution in [3.63, 3.8) is 0 Å². The van der Waals surface area contributed by atoms with E-state index in [4.69, 9.17) is 9.47 Å². The van der Waals surface area contributed by atoms with Crippen LogP contribution in [0.25, 0.3) is 0 Å². The van der Waals surface area contributed by atoms with Gasteiger partial charge in [0.15, 0.2) is 0 Å². The third-order valence-corrected chi connectivity index (χ3v) is 4.64. The molecule has 1 N–H and O–H groups in total. The average molecular weight is 449 g/mol. The van der Waals surface area contributed by atoms with E-state index < -0.39 is 0 Å². The number of rotatable bonds is 9. The molecule has 0 atom stereocenters. The molecule has 0 heterocycles. The first kappa shape index (κ1) is 21.9. The van der Waals surface area contributed by atoms with Crippen LogP contribution < -0.4 is 10.1 Å². The van der Waals surface area contributed by atoms with E-state index in [-0.39, 0.29) is 11.8 Å². The normalized spacial score (nSPS) is 10.4. The predicted octanol–water partition coefficient (Wildman–Crippen LogP) is 4.21. The maximum Gasteiger partial charge on any atom is 0.259 e. The van der Waals surface area contributed by atoms with Gasteiger partial charge in [0.1, 0.15) is 12.4 Å². The lowest BCUT2D eigenvalue weighted by atomic mass is 10.1. The Balaban J connectivity index is 2.20. The summed E-state index contributed by atoms with van der Waals surface area (Å²) < 4.78 is 11.4. The van der Waals surface area contributed by atoms with Gasteiger partial charge in [0.25, 0.3) is 11.8 Å². The van der Waals surface area contributed by atoms with Crippen LogP contribution >= 0.6 is 15.9 Å². The SMILES string of the molecule is CCN(CC)C(=O)c1cccc(NC(=O)c2cc(Br)ccc2OCCOC)c1. The van der Waals surface area contributed by atoms with Crippen LogP contribution in [-0.2, 0) is 4.74 Å². The summed E-state index contributed by atoms with van der Waals surface area (Å²) in [5, 5.41) is 2.84. The second-order valence-electron chi connectivity index (χ2n) is 5.99. The van der Waals surface area contributed by atoms with Crippen LogP contribution in [0.4, 0.5) is 5.69 Å². The first-order valence-corrected chi connectivity index (χ1v) is 9.91. The predicted molar refractivity (Wildman–Crippen MR) is 113 cm³/mol. The monoisotopic (exact) mass is 448 g/mol. The zero-order valence-electron chi connectivity index (χ0n) is 16.3. The van der Waals surface area contributed by atoms with Crippen LogP contribution in [0.2, 0.25) is 0 Å². The Morgan fingerprint density at radius 3 is 2.50 bits per heavy atom. The smallest absolute Gasteiger partial charge is 0.259 e. The van der Waals surface area contributed by atoms with Gasteiger partial charge in [-0.05, 0) is 50.2 Å². The molecule has 0 spiro atoms. The topological polar surface area (TPSA) is 67.9 Å². The highest BCUT2D eigenvalue weighted by Gasteiger charge is 2.16. The summed E-state index contributed by atoms with van der Waals surface area (Å²) in [5.74, 6) is 0.0846. The highest BCUT2D eigenvalue weighted by Crippen LogP contribution is 2.25. The molecule has 2 rings (SSSR count). The van der Waals surface area contributed by atoms with Crippen LogP contribution in [0.5, 0.6) is 5.75 Å². The zero-order valence-corrected chi connectivity index (χ0v) is 17.9. The van der Waals surface area contributed by atoms with E-state index in [1.165, 1.54) is 0 Å². The minimum absolute atomic E-state index is 0.0628. The van der Waals surface area contributed by atoms with Gasteiger partial charge in [-0.1, -0.05) is 22.0 Å².